The average Bonchev–Trinajstić information content (AvgIpc) is 3.10. The van der Waals surface area contributed by atoms with Crippen LogP contribution in [-0.4, -0.2) is 32.1 Å². The van der Waals surface area contributed by atoms with E-state index in [1.165, 1.54) is 0 Å². The summed E-state index contributed by atoms with van der Waals surface area (Å²) in [6.07, 6.45) is 0. The van der Waals surface area contributed by atoms with Gasteiger partial charge in [0.1, 0.15) is 22.9 Å². The Morgan fingerprint density at radius 2 is 1.41 bits per heavy atom. The number of imide groups is 1. The molecule has 34 heavy (non-hydrogen) atoms. The van der Waals surface area contributed by atoms with Crippen molar-refractivity contribution in [2.45, 2.75) is 13.8 Å². The number of hydrogen-bond acceptors (Lipinski definition) is 6. The molecular formula is C27H26N2O5. The van der Waals surface area contributed by atoms with Gasteiger partial charge in [0.15, 0.2) is 0 Å². The van der Waals surface area contributed by atoms with Gasteiger partial charge in [-0.25, -0.2) is 4.90 Å². The predicted octanol–water partition coefficient (Wildman–Crippen LogP) is 4.89. The summed E-state index contributed by atoms with van der Waals surface area (Å²) in [7, 11) is 1.56. The molecule has 3 aromatic carbocycles. The van der Waals surface area contributed by atoms with Crippen molar-refractivity contribution in [3.8, 4) is 17.2 Å². The lowest BCUT2D eigenvalue weighted by molar-refractivity contribution is -0.120. The normalized spacial score (nSPS) is 13.3. The number of amides is 2. The molecule has 1 heterocycles. The first-order valence-corrected chi connectivity index (χ1v) is 11.1. The minimum absolute atomic E-state index is 0.178. The molecule has 4 rings (SSSR count). The van der Waals surface area contributed by atoms with Crippen LogP contribution in [0.5, 0.6) is 17.2 Å². The summed E-state index contributed by atoms with van der Waals surface area (Å²) in [5.41, 5.74) is 2.11. The number of nitrogens with zero attached hydrogens (tertiary/aromatic N) is 1. The monoisotopic (exact) mass is 458 g/mol. The summed E-state index contributed by atoms with van der Waals surface area (Å²) < 4.78 is 16.4. The quantitative estimate of drug-likeness (QED) is 0.460. The van der Waals surface area contributed by atoms with Gasteiger partial charge in [-0.15, -0.1) is 0 Å². The summed E-state index contributed by atoms with van der Waals surface area (Å²) in [5, 5.41) is 3.17. The van der Waals surface area contributed by atoms with Crippen molar-refractivity contribution in [1.82, 2.24) is 0 Å². The van der Waals surface area contributed by atoms with Crippen molar-refractivity contribution in [2.24, 2.45) is 0 Å². The molecule has 3 aromatic rings. The molecule has 174 valence electrons. The highest BCUT2D eigenvalue weighted by Crippen LogP contribution is 2.36. The second-order valence-electron chi connectivity index (χ2n) is 7.41. The van der Waals surface area contributed by atoms with E-state index < -0.39 is 11.8 Å². The van der Waals surface area contributed by atoms with Crippen LogP contribution in [0.3, 0.4) is 0 Å². The number of anilines is 2. The Morgan fingerprint density at radius 1 is 0.765 bits per heavy atom. The van der Waals surface area contributed by atoms with E-state index in [-0.39, 0.29) is 11.3 Å². The zero-order valence-electron chi connectivity index (χ0n) is 19.3. The lowest BCUT2D eigenvalue weighted by atomic mass is 10.0. The van der Waals surface area contributed by atoms with Crippen LogP contribution in [0.1, 0.15) is 19.4 Å². The molecule has 1 N–H and O–H groups in total. The number of rotatable bonds is 9. The Labute approximate surface area is 198 Å². The molecular weight excluding hydrogens is 432 g/mol. The van der Waals surface area contributed by atoms with E-state index in [1.807, 2.05) is 38.1 Å². The van der Waals surface area contributed by atoms with Gasteiger partial charge in [-0.3, -0.25) is 9.59 Å². The fraction of sp³-hybridized carbons (Fsp3) is 0.185. The maximum atomic E-state index is 13.6. The van der Waals surface area contributed by atoms with E-state index in [4.69, 9.17) is 14.2 Å². The predicted molar refractivity (Wildman–Crippen MR) is 131 cm³/mol. The first-order chi connectivity index (χ1) is 16.6. The van der Waals surface area contributed by atoms with Crippen LogP contribution < -0.4 is 24.4 Å². The van der Waals surface area contributed by atoms with Gasteiger partial charge in [0.05, 0.1) is 37.3 Å². The van der Waals surface area contributed by atoms with Crippen molar-refractivity contribution in [3.05, 3.63) is 84.1 Å². The molecule has 1 aliphatic heterocycles. The van der Waals surface area contributed by atoms with Crippen LogP contribution >= 0.6 is 0 Å². The Kier molecular flexibility index (Phi) is 6.82. The summed E-state index contributed by atoms with van der Waals surface area (Å²) in [5.74, 6) is 1.03. The maximum absolute atomic E-state index is 13.6. The van der Waals surface area contributed by atoms with E-state index in [0.717, 1.165) is 4.90 Å². The average molecular weight is 459 g/mol. The topological polar surface area (TPSA) is 77.1 Å². The first-order valence-electron chi connectivity index (χ1n) is 11.1. The highest BCUT2D eigenvalue weighted by molar-refractivity contribution is 6.46. The summed E-state index contributed by atoms with van der Waals surface area (Å²) in [4.78, 5) is 28.4. The number of benzene rings is 3. The van der Waals surface area contributed by atoms with Gasteiger partial charge in [0, 0.05) is 0 Å². The third-order valence-corrected chi connectivity index (χ3v) is 5.32. The highest BCUT2D eigenvalue weighted by atomic mass is 16.5. The minimum atomic E-state index is -0.453. The summed E-state index contributed by atoms with van der Waals surface area (Å²) in [6.45, 7) is 4.79. The largest absolute Gasteiger partial charge is 0.497 e. The molecule has 0 aliphatic carbocycles. The van der Waals surface area contributed by atoms with Gasteiger partial charge in [-0.1, -0.05) is 24.3 Å². The van der Waals surface area contributed by atoms with Gasteiger partial charge < -0.3 is 19.5 Å². The van der Waals surface area contributed by atoms with Crippen LogP contribution in [0.25, 0.3) is 5.57 Å². The molecule has 0 bridgehead atoms. The van der Waals surface area contributed by atoms with Gasteiger partial charge >= 0.3 is 0 Å². The smallest absolute Gasteiger partial charge is 0.282 e. The van der Waals surface area contributed by atoms with Gasteiger partial charge in [0.25, 0.3) is 11.8 Å². The van der Waals surface area contributed by atoms with Crippen LogP contribution in [0.2, 0.25) is 0 Å². The highest BCUT2D eigenvalue weighted by Gasteiger charge is 2.40. The lowest BCUT2D eigenvalue weighted by Crippen LogP contribution is -2.32. The Bertz CT molecular complexity index is 1220. The third kappa shape index (κ3) is 4.45. The molecule has 0 fully saturated rings. The Balaban J connectivity index is 1.78. The third-order valence-electron chi connectivity index (χ3n) is 5.32. The van der Waals surface area contributed by atoms with E-state index in [2.05, 4.69) is 5.32 Å². The molecule has 1 aliphatic rings. The SMILES string of the molecule is CCOc1ccc(C2=C(Nc3ccccc3OCC)C(=O)N(c3ccc(OC)cc3)C2=O)cc1. The van der Waals surface area contributed by atoms with Crippen LogP contribution in [0, 0.1) is 0 Å². The molecule has 0 aromatic heterocycles. The van der Waals surface area contributed by atoms with E-state index >= 15 is 0 Å². The fourth-order valence-electron chi connectivity index (χ4n) is 3.75. The number of carbonyl (C=O) groups is 2. The first kappa shape index (κ1) is 22.9. The molecule has 2 amide bonds. The molecule has 7 heteroatoms. The van der Waals surface area contributed by atoms with Crippen LogP contribution in [0.4, 0.5) is 11.4 Å². The van der Waals surface area contributed by atoms with Crippen molar-refractivity contribution in [3.63, 3.8) is 0 Å². The molecule has 0 radical (unpaired) electrons. The number of para-hydroxylation sites is 2. The molecule has 0 saturated carbocycles. The number of methoxy groups -OCH3 is 1. The van der Waals surface area contributed by atoms with Crippen LogP contribution in [-0.2, 0) is 9.59 Å². The minimum Gasteiger partial charge on any atom is -0.497 e. The molecule has 0 spiro atoms. The van der Waals surface area contributed by atoms with Crippen molar-refractivity contribution in [2.75, 3.05) is 30.5 Å². The number of carbonyl (C=O) groups excluding carboxylic acids is 2. The van der Waals surface area contributed by atoms with Crippen LogP contribution in [0.15, 0.2) is 78.5 Å². The van der Waals surface area contributed by atoms with E-state index in [9.17, 15) is 9.59 Å². The second-order valence-corrected chi connectivity index (χ2v) is 7.41. The molecule has 0 unspecified atom stereocenters. The number of hydrogen-bond donors (Lipinski definition) is 1. The van der Waals surface area contributed by atoms with Crippen molar-refractivity contribution >= 4 is 28.8 Å². The summed E-state index contributed by atoms with van der Waals surface area (Å²) in [6, 6.07) is 21.2. The molecule has 7 nitrogen and oxygen atoms in total. The number of nitrogens with one attached hydrogen (secondary N) is 1. The summed E-state index contributed by atoms with van der Waals surface area (Å²) >= 11 is 0. The van der Waals surface area contributed by atoms with Crippen molar-refractivity contribution in [1.29, 1.82) is 0 Å². The Hall–Kier alpha value is -4.26. The number of ether oxygens (including phenoxy) is 3. The molecule has 0 atom stereocenters. The van der Waals surface area contributed by atoms with E-state index in [1.54, 1.807) is 55.6 Å². The van der Waals surface area contributed by atoms with Gasteiger partial charge in [0.2, 0.25) is 0 Å². The zero-order chi connectivity index (χ0) is 24.1. The zero-order valence-corrected chi connectivity index (χ0v) is 19.3. The maximum Gasteiger partial charge on any atom is 0.282 e. The second kappa shape index (κ2) is 10.1. The lowest BCUT2D eigenvalue weighted by Gasteiger charge is -2.16. The molecule has 0 saturated heterocycles. The van der Waals surface area contributed by atoms with Crippen molar-refractivity contribution < 1.29 is 23.8 Å². The van der Waals surface area contributed by atoms with E-state index in [0.29, 0.717) is 47.4 Å². The van der Waals surface area contributed by atoms with Gasteiger partial charge in [-0.05, 0) is 67.9 Å². The van der Waals surface area contributed by atoms with Gasteiger partial charge in [-0.2, -0.15) is 0 Å². The Morgan fingerprint density at radius 3 is 2.06 bits per heavy atom. The standard InChI is InChI=1S/C27H26N2O5/c1-4-33-21-14-10-18(11-15-21)24-25(28-22-8-6-7-9-23(22)34-5-2)27(31)29(26(24)30)19-12-16-20(32-3)17-13-19/h6-17,28H,4-5H2,1-3H3. The fourth-order valence-corrected chi connectivity index (χ4v) is 3.75.